The highest BCUT2D eigenvalue weighted by Gasteiger charge is 2.29. The molecule has 3 nitrogen and oxygen atoms in total. The lowest BCUT2D eigenvalue weighted by atomic mass is 10.1. The van der Waals surface area contributed by atoms with Gasteiger partial charge in [0.1, 0.15) is 11.4 Å². The smallest absolute Gasteiger partial charge is 0.131 e. The first kappa shape index (κ1) is 10.1. The minimum atomic E-state index is -0.911. The highest BCUT2D eigenvalue weighted by molar-refractivity contribution is 9.10. The summed E-state index contributed by atoms with van der Waals surface area (Å²) in [6, 6.07) is 0. The Bertz CT molecular complexity index is 356. The molecule has 1 fully saturated rings. The molecule has 4 heteroatoms. The molecule has 0 unspecified atom stereocenters. The first-order valence-electron chi connectivity index (χ1n) is 4.74. The van der Waals surface area contributed by atoms with E-state index in [2.05, 4.69) is 25.9 Å². The van der Waals surface area contributed by atoms with Gasteiger partial charge in [-0.25, -0.2) is 9.97 Å². The van der Waals surface area contributed by atoms with Crippen LogP contribution in [0.15, 0.2) is 10.7 Å². The Kier molecular flexibility index (Phi) is 2.35. The van der Waals surface area contributed by atoms with Crippen LogP contribution in [0.5, 0.6) is 0 Å². The Morgan fingerprint density at radius 3 is 2.64 bits per heavy atom. The maximum Gasteiger partial charge on any atom is 0.131 e. The van der Waals surface area contributed by atoms with Crippen LogP contribution in [0.3, 0.4) is 0 Å². The van der Waals surface area contributed by atoms with Crippen molar-refractivity contribution in [2.75, 3.05) is 0 Å². The number of aromatic nitrogens is 2. The summed E-state index contributed by atoms with van der Waals surface area (Å²) in [4.78, 5) is 8.64. The normalized spacial score (nSPS) is 17.1. The standard InChI is InChI=1S/C10H13BrN2O/c1-10(2,14)8-7(11)5-12-9(13-8)6-3-4-6/h5-6,14H,3-4H2,1-2H3. The summed E-state index contributed by atoms with van der Waals surface area (Å²) in [6.45, 7) is 3.47. The summed E-state index contributed by atoms with van der Waals surface area (Å²) in [5, 5.41) is 9.88. The number of rotatable bonds is 2. The van der Waals surface area contributed by atoms with Crippen molar-refractivity contribution in [2.24, 2.45) is 0 Å². The molecule has 1 N–H and O–H groups in total. The van der Waals surface area contributed by atoms with E-state index in [4.69, 9.17) is 0 Å². The summed E-state index contributed by atoms with van der Waals surface area (Å²) in [7, 11) is 0. The second kappa shape index (κ2) is 3.28. The monoisotopic (exact) mass is 256 g/mol. The SMILES string of the molecule is CC(C)(O)c1nc(C2CC2)ncc1Br. The van der Waals surface area contributed by atoms with Crippen molar-refractivity contribution < 1.29 is 5.11 Å². The average Bonchev–Trinajstić information content (AvgIpc) is 2.85. The summed E-state index contributed by atoms with van der Waals surface area (Å²) in [5.74, 6) is 1.38. The van der Waals surface area contributed by atoms with E-state index in [-0.39, 0.29) is 0 Å². The van der Waals surface area contributed by atoms with Gasteiger partial charge >= 0.3 is 0 Å². The van der Waals surface area contributed by atoms with E-state index in [0.29, 0.717) is 11.6 Å². The molecule has 1 aromatic heterocycles. The highest BCUT2D eigenvalue weighted by atomic mass is 79.9. The van der Waals surface area contributed by atoms with E-state index in [1.807, 2.05) is 0 Å². The fraction of sp³-hybridized carbons (Fsp3) is 0.600. The lowest BCUT2D eigenvalue weighted by Crippen LogP contribution is -2.19. The van der Waals surface area contributed by atoms with Gasteiger partial charge in [0.15, 0.2) is 0 Å². The molecule has 0 aliphatic heterocycles. The lowest BCUT2D eigenvalue weighted by Gasteiger charge is -2.18. The molecule has 2 rings (SSSR count). The van der Waals surface area contributed by atoms with Gasteiger partial charge in [0.05, 0.1) is 10.2 Å². The van der Waals surface area contributed by atoms with Crippen molar-refractivity contribution in [1.29, 1.82) is 0 Å². The molecule has 0 radical (unpaired) electrons. The van der Waals surface area contributed by atoms with Gasteiger partial charge in [0.2, 0.25) is 0 Å². The molecule has 1 aliphatic carbocycles. The van der Waals surface area contributed by atoms with Crippen LogP contribution in [0.4, 0.5) is 0 Å². The minimum absolute atomic E-state index is 0.518. The third-order valence-electron chi connectivity index (χ3n) is 2.28. The van der Waals surface area contributed by atoms with Crippen LogP contribution in [-0.2, 0) is 5.60 Å². The number of halogens is 1. The number of nitrogens with zero attached hydrogens (tertiary/aromatic N) is 2. The Balaban J connectivity index is 2.41. The quantitative estimate of drug-likeness (QED) is 0.884. The third kappa shape index (κ3) is 1.96. The predicted molar refractivity (Wildman–Crippen MR) is 57.0 cm³/mol. The summed E-state index contributed by atoms with van der Waals surface area (Å²) in [6.07, 6.45) is 4.08. The van der Waals surface area contributed by atoms with Gasteiger partial charge in [0, 0.05) is 12.1 Å². The molecule has 1 aromatic rings. The van der Waals surface area contributed by atoms with Gasteiger partial charge < -0.3 is 5.11 Å². The molecule has 0 amide bonds. The number of hydrogen-bond donors (Lipinski definition) is 1. The second-order valence-electron chi connectivity index (χ2n) is 4.26. The molecule has 1 aliphatic rings. The van der Waals surface area contributed by atoms with Crippen LogP contribution >= 0.6 is 15.9 Å². The second-order valence-corrected chi connectivity index (χ2v) is 5.11. The van der Waals surface area contributed by atoms with Crippen molar-refractivity contribution in [3.05, 3.63) is 22.2 Å². The van der Waals surface area contributed by atoms with Crippen LogP contribution in [0, 0.1) is 0 Å². The van der Waals surface area contributed by atoms with Crippen LogP contribution in [0.25, 0.3) is 0 Å². The van der Waals surface area contributed by atoms with Crippen LogP contribution in [0.1, 0.15) is 44.1 Å². The zero-order valence-corrected chi connectivity index (χ0v) is 9.87. The summed E-state index contributed by atoms with van der Waals surface area (Å²) in [5.41, 5.74) is -0.236. The Labute approximate surface area is 91.7 Å². The molecular formula is C10H13BrN2O. The van der Waals surface area contributed by atoms with Gasteiger partial charge in [0.25, 0.3) is 0 Å². The number of aliphatic hydroxyl groups is 1. The van der Waals surface area contributed by atoms with Crippen molar-refractivity contribution in [1.82, 2.24) is 9.97 Å². The van der Waals surface area contributed by atoms with Gasteiger partial charge in [-0.2, -0.15) is 0 Å². The van der Waals surface area contributed by atoms with E-state index in [1.165, 1.54) is 12.8 Å². The Morgan fingerprint density at radius 1 is 1.50 bits per heavy atom. The summed E-state index contributed by atoms with van der Waals surface area (Å²) >= 11 is 3.35. The molecule has 1 saturated carbocycles. The molecule has 0 bridgehead atoms. The summed E-state index contributed by atoms with van der Waals surface area (Å²) < 4.78 is 0.773. The van der Waals surface area contributed by atoms with Crippen molar-refractivity contribution in [3.8, 4) is 0 Å². The topological polar surface area (TPSA) is 46.0 Å². The molecule has 76 valence electrons. The largest absolute Gasteiger partial charge is 0.384 e. The fourth-order valence-electron chi connectivity index (χ4n) is 1.35. The zero-order valence-electron chi connectivity index (χ0n) is 8.29. The average molecular weight is 257 g/mol. The molecule has 0 saturated heterocycles. The predicted octanol–water partition coefficient (Wildman–Crippen LogP) is 2.34. The maximum atomic E-state index is 9.88. The van der Waals surface area contributed by atoms with E-state index < -0.39 is 5.60 Å². The molecular weight excluding hydrogens is 244 g/mol. The van der Waals surface area contributed by atoms with Crippen molar-refractivity contribution in [3.63, 3.8) is 0 Å². The molecule has 0 aromatic carbocycles. The van der Waals surface area contributed by atoms with E-state index in [1.54, 1.807) is 20.0 Å². The fourth-order valence-corrected chi connectivity index (χ4v) is 2.02. The third-order valence-corrected chi connectivity index (χ3v) is 2.87. The van der Waals surface area contributed by atoms with Crippen molar-refractivity contribution >= 4 is 15.9 Å². The molecule has 1 heterocycles. The highest BCUT2D eigenvalue weighted by Crippen LogP contribution is 2.39. The first-order valence-corrected chi connectivity index (χ1v) is 5.53. The van der Waals surface area contributed by atoms with E-state index in [9.17, 15) is 5.11 Å². The maximum absolute atomic E-state index is 9.88. The molecule has 0 atom stereocenters. The van der Waals surface area contributed by atoms with Crippen LogP contribution in [-0.4, -0.2) is 15.1 Å². The van der Waals surface area contributed by atoms with Crippen LogP contribution < -0.4 is 0 Å². The Hall–Kier alpha value is -0.480. The van der Waals surface area contributed by atoms with Crippen molar-refractivity contribution in [2.45, 2.75) is 38.2 Å². The number of hydrogen-bond acceptors (Lipinski definition) is 3. The first-order chi connectivity index (χ1) is 6.48. The van der Waals surface area contributed by atoms with Gasteiger partial charge in [-0.1, -0.05) is 0 Å². The van der Waals surface area contributed by atoms with Crippen LogP contribution in [0.2, 0.25) is 0 Å². The van der Waals surface area contributed by atoms with Gasteiger partial charge in [-0.15, -0.1) is 0 Å². The molecule has 0 spiro atoms. The van der Waals surface area contributed by atoms with E-state index in [0.717, 1.165) is 10.3 Å². The minimum Gasteiger partial charge on any atom is -0.384 e. The lowest BCUT2D eigenvalue weighted by molar-refractivity contribution is 0.0725. The van der Waals surface area contributed by atoms with Gasteiger partial charge in [-0.3, -0.25) is 0 Å². The van der Waals surface area contributed by atoms with Gasteiger partial charge in [-0.05, 0) is 42.6 Å². The molecule has 14 heavy (non-hydrogen) atoms. The Morgan fingerprint density at radius 2 is 2.14 bits per heavy atom. The van der Waals surface area contributed by atoms with E-state index >= 15 is 0 Å². The zero-order chi connectivity index (χ0) is 10.3.